The van der Waals surface area contributed by atoms with E-state index in [0.29, 0.717) is 18.6 Å². The minimum absolute atomic E-state index is 0.0417. The molecule has 3 heterocycles. The Morgan fingerprint density at radius 2 is 1.57 bits per heavy atom. The number of ether oxygens (including phenoxy) is 1. The molecule has 7 rings (SSSR count). The van der Waals surface area contributed by atoms with E-state index in [9.17, 15) is 13.2 Å². The van der Waals surface area contributed by atoms with Crippen LogP contribution >= 0.6 is 0 Å². The van der Waals surface area contributed by atoms with Crippen molar-refractivity contribution in [3.8, 4) is 0 Å². The number of rotatable bonds is 11. The number of nitrogens with zero attached hydrogens (tertiary/aromatic N) is 3. The van der Waals surface area contributed by atoms with Crippen LogP contribution in [0.1, 0.15) is 96.4 Å². The summed E-state index contributed by atoms with van der Waals surface area (Å²) in [5.41, 5.74) is 4.79. The zero-order valence-corrected chi connectivity index (χ0v) is 33.1. The van der Waals surface area contributed by atoms with Crippen LogP contribution in [0.5, 0.6) is 0 Å². The Hall–Kier alpha value is -4.10. The first kappa shape index (κ1) is 37.2. The molecule has 0 radical (unpaired) electrons. The van der Waals surface area contributed by atoms with Crippen LogP contribution in [0.25, 0.3) is 48.9 Å². The average molecular weight is 723 g/mol. The summed E-state index contributed by atoms with van der Waals surface area (Å²) in [4.78, 5) is 2.17. The van der Waals surface area contributed by atoms with E-state index in [0.717, 1.165) is 68.6 Å². The molecule has 4 nitrogen and oxygen atoms in total. The van der Waals surface area contributed by atoms with Gasteiger partial charge in [-0.2, -0.15) is 17.6 Å². The Kier molecular flexibility index (Phi) is 8.96. The van der Waals surface area contributed by atoms with Crippen molar-refractivity contribution in [2.24, 2.45) is 16.2 Å². The lowest BCUT2D eigenvalue weighted by atomic mass is 9.52. The minimum Gasteiger partial charge on any atom is -0.381 e. The molecule has 0 N–H and O–H groups in total. The van der Waals surface area contributed by atoms with Gasteiger partial charge < -0.3 is 9.64 Å². The van der Waals surface area contributed by atoms with Gasteiger partial charge in [-0.25, -0.2) is 4.57 Å². The van der Waals surface area contributed by atoms with Crippen LogP contribution in [0.3, 0.4) is 0 Å². The second-order valence-electron chi connectivity index (χ2n) is 17.2. The Bertz CT molecular complexity index is 2420. The molecule has 0 bridgehead atoms. The molecule has 0 fully saturated rings. The summed E-state index contributed by atoms with van der Waals surface area (Å²) in [7, 11) is 4.13. The number of alkyl halides is 3. The standard InChI is InChI=1S/C46H55F3N3O/c1-12-36-32(21-24-53-27-44(7,8)45(9,14-3)43(5,6)13-2)37-31-19-15-28(4)25-35(31)41(50(10)11)38-33-20-17-29-16-18-30(46(47,48)49)26-34(29)40(33)52-23-22-51(36)42(52)39(37)38/h12,15-20,22-23,25-26,32,36H,1,13-14,21,24,27H2,2-11H3/q+1. The summed E-state index contributed by atoms with van der Waals surface area (Å²) in [5.74, 6) is 0.0580. The molecular formula is C46H55F3N3O+. The van der Waals surface area contributed by atoms with Gasteiger partial charge in [-0.15, -0.1) is 0 Å². The van der Waals surface area contributed by atoms with E-state index in [2.05, 4.69) is 120 Å². The monoisotopic (exact) mass is 722 g/mol. The third-order valence-corrected chi connectivity index (χ3v) is 13.8. The molecule has 7 heteroatoms. The van der Waals surface area contributed by atoms with Crippen LogP contribution in [0.15, 0.2) is 73.6 Å². The molecule has 0 saturated carbocycles. The molecule has 280 valence electrons. The van der Waals surface area contributed by atoms with E-state index < -0.39 is 11.7 Å². The number of aromatic nitrogens is 2. The number of imidazole rings is 1. The molecule has 53 heavy (non-hydrogen) atoms. The first-order valence-corrected chi connectivity index (χ1v) is 19.2. The number of anilines is 1. The van der Waals surface area contributed by atoms with Crippen molar-refractivity contribution in [1.82, 2.24) is 4.40 Å². The third kappa shape index (κ3) is 5.46. The number of halogens is 3. The normalized spacial score (nSPS) is 17.8. The van der Waals surface area contributed by atoms with E-state index in [1.54, 1.807) is 6.07 Å². The predicted molar refractivity (Wildman–Crippen MR) is 215 cm³/mol. The number of benzene rings is 4. The molecule has 0 aliphatic carbocycles. The highest BCUT2D eigenvalue weighted by molar-refractivity contribution is 6.28. The predicted octanol–water partition coefficient (Wildman–Crippen LogP) is 12.3. The van der Waals surface area contributed by atoms with Gasteiger partial charge in [0.25, 0.3) is 5.65 Å². The molecule has 0 amide bonds. The number of hydrogen-bond donors (Lipinski definition) is 0. The maximum Gasteiger partial charge on any atom is 0.416 e. The lowest BCUT2D eigenvalue weighted by molar-refractivity contribution is -0.690. The average Bonchev–Trinajstić information content (AvgIpc) is 3.55. The van der Waals surface area contributed by atoms with Crippen LogP contribution in [0, 0.1) is 23.2 Å². The van der Waals surface area contributed by atoms with Crippen molar-refractivity contribution in [3.05, 3.63) is 90.3 Å². The lowest BCUT2D eigenvalue weighted by Crippen LogP contribution is -2.48. The van der Waals surface area contributed by atoms with Gasteiger partial charge in [0, 0.05) is 48.2 Å². The van der Waals surface area contributed by atoms with E-state index >= 15 is 0 Å². The molecule has 1 aliphatic rings. The Morgan fingerprint density at radius 1 is 0.868 bits per heavy atom. The number of aryl methyl sites for hydroxylation is 1. The van der Waals surface area contributed by atoms with Gasteiger partial charge in [0.15, 0.2) is 0 Å². The van der Waals surface area contributed by atoms with Crippen LogP contribution in [0.4, 0.5) is 18.9 Å². The van der Waals surface area contributed by atoms with Gasteiger partial charge in [0.1, 0.15) is 24.0 Å². The molecule has 6 aromatic rings. The Morgan fingerprint density at radius 3 is 2.21 bits per heavy atom. The first-order chi connectivity index (χ1) is 24.9. The van der Waals surface area contributed by atoms with Gasteiger partial charge in [-0.3, -0.25) is 0 Å². The van der Waals surface area contributed by atoms with Crippen molar-refractivity contribution in [2.45, 2.75) is 92.8 Å². The highest BCUT2D eigenvalue weighted by Gasteiger charge is 2.49. The summed E-state index contributed by atoms with van der Waals surface area (Å²) in [5, 5.41) is 6.82. The Balaban J connectivity index is 1.48. The van der Waals surface area contributed by atoms with E-state index in [1.807, 2.05) is 18.3 Å². The van der Waals surface area contributed by atoms with E-state index in [4.69, 9.17) is 4.74 Å². The smallest absolute Gasteiger partial charge is 0.381 e. The van der Waals surface area contributed by atoms with Gasteiger partial charge in [-0.05, 0) is 82.7 Å². The number of hydrogen-bond acceptors (Lipinski definition) is 2. The summed E-state index contributed by atoms with van der Waals surface area (Å²) in [6.45, 7) is 24.3. The number of pyridine rings is 1. The maximum atomic E-state index is 14.2. The van der Waals surface area contributed by atoms with Gasteiger partial charge in [0.2, 0.25) is 0 Å². The van der Waals surface area contributed by atoms with Crippen molar-refractivity contribution >= 4 is 54.6 Å². The van der Waals surface area contributed by atoms with Crippen molar-refractivity contribution < 1.29 is 22.5 Å². The largest absolute Gasteiger partial charge is 0.416 e. The summed E-state index contributed by atoms with van der Waals surface area (Å²) in [6.07, 6.45) is 4.66. The first-order valence-electron chi connectivity index (χ1n) is 19.2. The lowest BCUT2D eigenvalue weighted by Gasteiger charge is -2.54. The van der Waals surface area contributed by atoms with Crippen LogP contribution in [-0.4, -0.2) is 31.7 Å². The zero-order chi connectivity index (χ0) is 38.4. The molecule has 0 saturated heterocycles. The molecule has 2 aromatic heterocycles. The van der Waals surface area contributed by atoms with Crippen LogP contribution in [-0.2, 0) is 10.9 Å². The van der Waals surface area contributed by atoms with Crippen LogP contribution in [0.2, 0.25) is 0 Å². The third-order valence-electron chi connectivity index (χ3n) is 13.8. The van der Waals surface area contributed by atoms with Crippen molar-refractivity contribution in [3.63, 3.8) is 0 Å². The minimum atomic E-state index is -4.45. The summed E-state index contributed by atoms with van der Waals surface area (Å²) in [6, 6.07) is 14.8. The fraction of sp³-hybridized carbons (Fsp3) is 0.457. The maximum absolute atomic E-state index is 14.2. The molecule has 3 unspecified atom stereocenters. The Labute approximate surface area is 312 Å². The van der Waals surface area contributed by atoms with Gasteiger partial charge in [-0.1, -0.05) is 91.3 Å². The second-order valence-corrected chi connectivity index (χ2v) is 17.2. The van der Waals surface area contributed by atoms with Crippen molar-refractivity contribution in [2.75, 3.05) is 32.2 Å². The fourth-order valence-electron chi connectivity index (χ4n) is 9.89. The summed E-state index contributed by atoms with van der Waals surface area (Å²) >= 11 is 0. The molecular weight excluding hydrogens is 668 g/mol. The molecule has 3 atom stereocenters. The van der Waals surface area contributed by atoms with Crippen LogP contribution < -0.4 is 9.47 Å². The highest BCUT2D eigenvalue weighted by Crippen LogP contribution is 2.56. The van der Waals surface area contributed by atoms with E-state index in [-0.39, 0.29) is 28.2 Å². The SMILES string of the molecule is C=CC1C(CCOCC(C)(C)C(C)(CC)C(C)(C)CC)c2c3ccc(C)cc3c(N(C)C)c3c4ccc5ccc(C(F)(F)F)cc5c4n4cc[n+]1c4c23. The highest BCUT2D eigenvalue weighted by atomic mass is 19.4. The fourth-order valence-corrected chi connectivity index (χ4v) is 9.89. The van der Waals surface area contributed by atoms with Gasteiger partial charge in [0.05, 0.1) is 23.2 Å². The van der Waals surface area contributed by atoms with Crippen molar-refractivity contribution in [1.29, 1.82) is 0 Å². The molecule has 1 aliphatic heterocycles. The zero-order valence-electron chi connectivity index (χ0n) is 33.1. The molecule has 0 spiro atoms. The second kappa shape index (κ2) is 12.8. The number of fused-ring (bicyclic) bond motifs is 7. The quantitative estimate of drug-likeness (QED) is 0.0436. The van der Waals surface area contributed by atoms with E-state index in [1.165, 1.54) is 23.1 Å². The summed E-state index contributed by atoms with van der Waals surface area (Å²) < 4.78 is 53.6. The molecule has 4 aromatic carbocycles. The topological polar surface area (TPSA) is 20.8 Å². The van der Waals surface area contributed by atoms with Gasteiger partial charge >= 0.3 is 6.18 Å². The number of allylic oxidation sites excluding steroid dienone is 1.